The van der Waals surface area contributed by atoms with Crippen molar-refractivity contribution in [3.63, 3.8) is 0 Å². The second kappa shape index (κ2) is 19.3. The predicted octanol–water partition coefficient (Wildman–Crippen LogP) is -0.604. The number of nitrogens with zero attached hydrogens (tertiary/aromatic N) is 4. The van der Waals surface area contributed by atoms with E-state index in [2.05, 4.69) is 46.7 Å². The Morgan fingerprint density at radius 3 is 2.48 bits per heavy atom. The molecule has 10 N–H and O–H groups in total. The number of thioether (sulfide) groups is 1. The summed E-state index contributed by atoms with van der Waals surface area (Å²) in [5.74, 6) is -1.16. The first kappa shape index (κ1) is 45.5. The average molecular weight is 848 g/mol. The molecule has 1 saturated heterocycles. The maximum Gasteiger partial charge on any atom is 0.481 e. The van der Waals surface area contributed by atoms with Crippen LogP contribution in [-0.2, 0) is 50.7 Å². The number of amides is 2. The third-order valence-electron chi connectivity index (χ3n) is 7.18. The number of fused-ring (bicyclic) bond motifs is 1. The molecule has 28 heteroatoms. The summed E-state index contributed by atoms with van der Waals surface area (Å²) in [6.07, 6.45) is -5.30. The van der Waals surface area contributed by atoms with Gasteiger partial charge < -0.3 is 50.9 Å². The third-order valence-corrected chi connectivity index (χ3v) is 11.2. The number of aromatic nitrogens is 4. The lowest BCUT2D eigenvalue weighted by molar-refractivity contribution is -0.137. The fourth-order valence-electron chi connectivity index (χ4n) is 4.51. The number of nitrogen functional groups attached to an aromatic ring is 1. The zero-order valence-electron chi connectivity index (χ0n) is 28.6. The highest BCUT2D eigenvalue weighted by molar-refractivity contribution is 8.13. The van der Waals surface area contributed by atoms with Crippen molar-refractivity contribution >= 4 is 69.1 Å². The SMILES string of the molecule is C=C=CCC(=O)SCCNC(=O)CCNC(=O)C(O)C(C)(C)COP(=O)(O)OP(=O)(O)OCC1OC(n2cnc3c(N)ncnc32)C(O)C1OP(=O)(O)O. The van der Waals surface area contributed by atoms with Gasteiger partial charge in [-0.15, -0.1) is 5.73 Å². The van der Waals surface area contributed by atoms with Crippen molar-refractivity contribution in [3.8, 4) is 0 Å². The van der Waals surface area contributed by atoms with Gasteiger partial charge in [0.25, 0.3) is 0 Å². The molecule has 3 heterocycles. The molecular weight excluding hydrogens is 807 g/mol. The zero-order chi connectivity index (χ0) is 40.5. The van der Waals surface area contributed by atoms with Crippen molar-refractivity contribution in [1.29, 1.82) is 0 Å². The minimum absolute atomic E-state index is 0.0284. The molecule has 2 aromatic rings. The number of phosphoric acid groups is 3. The van der Waals surface area contributed by atoms with Crippen LogP contribution in [0.15, 0.2) is 31.0 Å². The van der Waals surface area contributed by atoms with Gasteiger partial charge in [0.05, 0.1) is 19.5 Å². The van der Waals surface area contributed by atoms with Crippen LogP contribution in [0.5, 0.6) is 0 Å². The molecule has 0 aliphatic carbocycles. The number of nitrogens with one attached hydrogen (secondary N) is 2. The maximum absolute atomic E-state index is 12.6. The lowest BCUT2D eigenvalue weighted by atomic mass is 9.87. The van der Waals surface area contributed by atoms with Gasteiger partial charge in [-0.1, -0.05) is 32.2 Å². The van der Waals surface area contributed by atoms with Gasteiger partial charge in [0.1, 0.15) is 36.3 Å². The molecule has 1 aliphatic heterocycles. The van der Waals surface area contributed by atoms with Crippen LogP contribution in [0.2, 0.25) is 0 Å². The fraction of sp³-hybridized carbons (Fsp3) is 0.577. The quantitative estimate of drug-likeness (QED) is 0.0430. The molecule has 7 unspecified atom stereocenters. The Morgan fingerprint density at radius 1 is 1.13 bits per heavy atom. The number of aliphatic hydroxyl groups is 2. The summed E-state index contributed by atoms with van der Waals surface area (Å²) in [5, 5.41) is 26.1. The Balaban J connectivity index is 1.51. The van der Waals surface area contributed by atoms with E-state index in [9.17, 15) is 57.9 Å². The number of carbonyl (C=O) groups excluding carboxylic acids is 3. The zero-order valence-corrected chi connectivity index (χ0v) is 32.1. The van der Waals surface area contributed by atoms with Crippen LogP contribution in [0, 0.1) is 5.41 Å². The van der Waals surface area contributed by atoms with Crippen LogP contribution in [0.1, 0.15) is 32.9 Å². The van der Waals surface area contributed by atoms with Crippen molar-refractivity contribution in [2.24, 2.45) is 5.41 Å². The molecule has 0 spiro atoms. The number of nitrogens with two attached hydrogens (primary N) is 1. The van der Waals surface area contributed by atoms with Crippen molar-refractivity contribution in [2.45, 2.75) is 57.3 Å². The molecule has 1 aliphatic rings. The largest absolute Gasteiger partial charge is 0.481 e. The summed E-state index contributed by atoms with van der Waals surface area (Å²) in [5.41, 5.74) is 6.73. The highest BCUT2D eigenvalue weighted by atomic mass is 32.2. The van der Waals surface area contributed by atoms with Crippen molar-refractivity contribution in [3.05, 3.63) is 31.0 Å². The monoisotopic (exact) mass is 847 g/mol. The van der Waals surface area contributed by atoms with Crippen LogP contribution in [0.4, 0.5) is 5.82 Å². The van der Waals surface area contributed by atoms with Gasteiger partial charge >= 0.3 is 23.5 Å². The number of ether oxygens (including phenoxy) is 1. The topological polar surface area (TPSA) is 364 Å². The average Bonchev–Trinajstić information content (AvgIpc) is 3.63. The number of imidazole rings is 1. The standard InChI is InChI=1S/C26H40N7O17P3S/c1-4-5-6-17(35)54-10-9-28-16(34)7-8-29-24(38)21(37)26(2,3)12-47-53(44,45)50-52(42,43)46-11-15-20(49-51(39,40)41)19(36)25(48-15)33-14-32-18-22(27)30-13-31-23(18)33/h5,13-15,19-21,25,36-37H,1,6-12H2,2-3H3,(H,28,34)(H,29,38)(H,42,43)(H,44,45)(H2,27,30,31)(H2,39,40,41). The Labute approximate surface area is 310 Å². The minimum Gasteiger partial charge on any atom is -0.386 e. The molecule has 3 rings (SSSR count). The molecule has 2 aromatic heterocycles. The lowest BCUT2D eigenvalue weighted by Crippen LogP contribution is -2.46. The second-order valence-electron chi connectivity index (χ2n) is 11.9. The summed E-state index contributed by atoms with van der Waals surface area (Å²) in [6, 6.07) is 0. The molecule has 0 saturated carbocycles. The second-order valence-corrected chi connectivity index (χ2v) is 17.3. The van der Waals surface area contributed by atoms with Gasteiger partial charge in [0.15, 0.2) is 22.8 Å². The normalized spacial score (nSPS) is 21.8. The molecule has 24 nitrogen and oxygen atoms in total. The van der Waals surface area contributed by atoms with E-state index in [-0.39, 0.29) is 48.0 Å². The number of hydrogen-bond acceptors (Lipinski definition) is 18. The first-order valence-electron chi connectivity index (χ1n) is 15.4. The first-order valence-corrected chi connectivity index (χ1v) is 21.0. The van der Waals surface area contributed by atoms with Crippen molar-refractivity contribution in [2.75, 3.05) is 37.8 Å². The number of carbonyl (C=O) groups is 3. The number of phosphoric ester groups is 3. The van der Waals surface area contributed by atoms with Crippen LogP contribution in [-0.4, -0.2) is 123 Å². The van der Waals surface area contributed by atoms with E-state index in [0.29, 0.717) is 5.75 Å². The molecule has 2 amide bonds. The van der Waals surface area contributed by atoms with Crippen LogP contribution in [0.25, 0.3) is 11.2 Å². The minimum atomic E-state index is -5.57. The molecule has 7 atom stereocenters. The van der Waals surface area contributed by atoms with Gasteiger partial charge in [0, 0.05) is 37.1 Å². The summed E-state index contributed by atoms with van der Waals surface area (Å²) in [4.78, 5) is 86.9. The molecule has 0 bridgehead atoms. The smallest absolute Gasteiger partial charge is 0.386 e. The number of anilines is 1. The van der Waals surface area contributed by atoms with E-state index in [1.807, 2.05) is 0 Å². The Hall–Kier alpha value is -2.92. The highest BCUT2D eigenvalue weighted by Crippen LogP contribution is 2.61. The van der Waals surface area contributed by atoms with Crippen molar-refractivity contribution in [1.82, 2.24) is 30.2 Å². The van der Waals surface area contributed by atoms with E-state index in [0.717, 1.165) is 29.0 Å². The van der Waals surface area contributed by atoms with Crippen LogP contribution >= 0.6 is 35.2 Å². The van der Waals surface area contributed by atoms with Gasteiger partial charge in [-0.3, -0.25) is 32.5 Å². The Morgan fingerprint density at radius 2 is 1.81 bits per heavy atom. The van der Waals surface area contributed by atoms with E-state index >= 15 is 0 Å². The molecule has 1 fully saturated rings. The fourth-order valence-corrected chi connectivity index (χ4v) is 7.97. The van der Waals surface area contributed by atoms with Gasteiger partial charge in [-0.05, 0) is 6.08 Å². The number of rotatable bonds is 21. The van der Waals surface area contributed by atoms with E-state index in [4.69, 9.17) is 19.5 Å². The van der Waals surface area contributed by atoms with E-state index < -0.39 is 84.6 Å². The van der Waals surface area contributed by atoms with Crippen LogP contribution < -0.4 is 16.4 Å². The van der Waals surface area contributed by atoms with Crippen molar-refractivity contribution < 1.29 is 80.5 Å². The molecule has 54 heavy (non-hydrogen) atoms. The number of hydrogen-bond donors (Lipinski definition) is 9. The van der Waals surface area contributed by atoms with Crippen LogP contribution in [0.3, 0.4) is 0 Å². The predicted molar refractivity (Wildman–Crippen MR) is 185 cm³/mol. The first-order chi connectivity index (χ1) is 25.1. The summed E-state index contributed by atoms with van der Waals surface area (Å²) in [7, 11) is -16.4. The summed E-state index contributed by atoms with van der Waals surface area (Å²) >= 11 is 1.01. The third kappa shape index (κ3) is 13.7. The number of aliphatic hydroxyl groups excluding tert-OH is 2. The van der Waals surface area contributed by atoms with E-state index in [1.165, 1.54) is 19.9 Å². The Kier molecular flexibility index (Phi) is 16.2. The number of allylic oxidation sites excluding steroid dienone is 1. The van der Waals surface area contributed by atoms with Gasteiger partial charge in [0.2, 0.25) is 11.8 Å². The summed E-state index contributed by atoms with van der Waals surface area (Å²) in [6.45, 7) is 3.80. The molecule has 0 aromatic carbocycles. The van der Waals surface area contributed by atoms with E-state index in [1.54, 1.807) is 0 Å². The molecule has 0 radical (unpaired) electrons. The summed E-state index contributed by atoms with van der Waals surface area (Å²) < 4.78 is 62.0. The van der Waals surface area contributed by atoms with Gasteiger partial charge in [-0.25, -0.2) is 28.6 Å². The molecule has 302 valence electrons. The molecular formula is C26H40N7O17P3S. The maximum atomic E-state index is 12.6. The van der Waals surface area contributed by atoms with Gasteiger partial charge in [-0.2, -0.15) is 4.31 Å². The lowest BCUT2D eigenvalue weighted by Gasteiger charge is -2.30. The highest BCUT2D eigenvalue weighted by Gasteiger charge is 2.50. The Bertz CT molecular complexity index is 1850.